The van der Waals surface area contributed by atoms with Gasteiger partial charge in [0.15, 0.2) is 0 Å². The Bertz CT molecular complexity index is 490. The van der Waals surface area contributed by atoms with E-state index in [2.05, 4.69) is 4.74 Å². The molecule has 2 aromatic rings. The van der Waals surface area contributed by atoms with Crippen LogP contribution in [-0.2, 0) is 11.3 Å². The SMILES string of the molecule is COC(=O)c1ccc(COc2ccccc2)s1. The van der Waals surface area contributed by atoms with Crippen LogP contribution in [0.2, 0.25) is 0 Å². The molecule has 1 aromatic heterocycles. The summed E-state index contributed by atoms with van der Waals surface area (Å²) in [5, 5.41) is 0. The van der Waals surface area contributed by atoms with Crippen LogP contribution in [0.15, 0.2) is 42.5 Å². The van der Waals surface area contributed by atoms with E-state index in [0.717, 1.165) is 10.6 Å². The molecule has 88 valence electrons. The average molecular weight is 248 g/mol. The zero-order valence-electron chi connectivity index (χ0n) is 9.38. The molecule has 0 aliphatic heterocycles. The number of hydrogen-bond acceptors (Lipinski definition) is 4. The number of thiophene rings is 1. The van der Waals surface area contributed by atoms with Crippen molar-refractivity contribution >= 4 is 17.3 Å². The first-order valence-electron chi connectivity index (χ1n) is 5.14. The van der Waals surface area contributed by atoms with Gasteiger partial charge in [0.1, 0.15) is 17.2 Å². The maximum Gasteiger partial charge on any atom is 0.348 e. The van der Waals surface area contributed by atoms with Gasteiger partial charge in [-0.15, -0.1) is 11.3 Å². The van der Waals surface area contributed by atoms with Crippen molar-refractivity contribution in [2.75, 3.05) is 7.11 Å². The first-order chi connectivity index (χ1) is 8.29. The van der Waals surface area contributed by atoms with Crippen LogP contribution < -0.4 is 4.74 Å². The zero-order valence-corrected chi connectivity index (χ0v) is 10.2. The molecule has 0 spiro atoms. The summed E-state index contributed by atoms with van der Waals surface area (Å²) in [5.41, 5.74) is 0. The van der Waals surface area contributed by atoms with Gasteiger partial charge in [-0.3, -0.25) is 0 Å². The smallest absolute Gasteiger partial charge is 0.348 e. The number of ether oxygens (including phenoxy) is 2. The molecular weight excluding hydrogens is 236 g/mol. The van der Waals surface area contributed by atoms with E-state index in [0.29, 0.717) is 11.5 Å². The summed E-state index contributed by atoms with van der Waals surface area (Å²) in [6.45, 7) is 0.464. The van der Waals surface area contributed by atoms with E-state index in [-0.39, 0.29) is 5.97 Å². The maximum absolute atomic E-state index is 11.2. The molecule has 1 heterocycles. The third kappa shape index (κ3) is 3.07. The number of hydrogen-bond donors (Lipinski definition) is 0. The van der Waals surface area contributed by atoms with Crippen molar-refractivity contribution in [1.29, 1.82) is 0 Å². The molecule has 4 heteroatoms. The molecule has 0 aliphatic rings. The van der Waals surface area contributed by atoms with E-state index in [1.54, 1.807) is 6.07 Å². The summed E-state index contributed by atoms with van der Waals surface area (Å²) in [6.07, 6.45) is 0. The van der Waals surface area contributed by atoms with E-state index in [9.17, 15) is 4.79 Å². The Morgan fingerprint density at radius 1 is 1.18 bits per heavy atom. The fourth-order valence-corrected chi connectivity index (χ4v) is 2.18. The lowest BCUT2D eigenvalue weighted by Crippen LogP contribution is -1.97. The minimum absolute atomic E-state index is 0.305. The van der Waals surface area contributed by atoms with Crippen LogP contribution in [0.1, 0.15) is 14.5 Å². The van der Waals surface area contributed by atoms with Gasteiger partial charge < -0.3 is 9.47 Å². The summed E-state index contributed by atoms with van der Waals surface area (Å²) < 4.78 is 10.2. The molecule has 0 aliphatic carbocycles. The van der Waals surface area contributed by atoms with E-state index < -0.39 is 0 Å². The fraction of sp³-hybridized carbons (Fsp3) is 0.154. The van der Waals surface area contributed by atoms with Gasteiger partial charge in [0.25, 0.3) is 0 Å². The first kappa shape index (κ1) is 11.7. The number of rotatable bonds is 4. The number of benzene rings is 1. The predicted molar refractivity (Wildman–Crippen MR) is 66.4 cm³/mol. The average Bonchev–Trinajstić information content (AvgIpc) is 2.85. The second-order valence-electron chi connectivity index (χ2n) is 3.36. The van der Waals surface area contributed by atoms with Gasteiger partial charge in [0.05, 0.1) is 7.11 Å². The molecule has 3 nitrogen and oxygen atoms in total. The second-order valence-corrected chi connectivity index (χ2v) is 4.53. The molecule has 0 unspecified atom stereocenters. The second kappa shape index (κ2) is 5.50. The standard InChI is InChI=1S/C13H12O3S/c1-15-13(14)12-8-7-11(17-12)9-16-10-5-3-2-4-6-10/h2-8H,9H2,1H3. The van der Waals surface area contributed by atoms with Crippen molar-refractivity contribution in [3.63, 3.8) is 0 Å². The summed E-state index contributed by atoms with van der Waals surface area (Å²) in [6, 6.07) is 13.2. The molecule has 0 atom stereocenters. The van der Waals surface area contributed by atoms with E-state index in [1.165, 1.54) is 18.4 Å². The highest BCUT2D eigenvalue weighted by Gasteiger charge is 2.08. The highest BCUT2D eigenvalue weighted by molar-refractivity contribution is 7.13. The molecule has 0 saturated heterocycles. The lowest BCUT2D eigenvalue weighted by Gasteiger charge is -2.03. The quantitative estimate of drug-likeness (QED) is 0.780. The Kier molecular flexibility index (Phi) is 3.77. The fourth-order valence-electron chi connectivity index (χ4n) is 1.34. The summed E-state index contributed by atoms with van der Waals surface area (Å²) in [7, 11) is 1.38. The highest BCUT2D eigenvalue weighted by Crippen LogP contribution is 2.19. The first-order valence-corrected chi connectivity index (χ1v) is 5.96. The van der Waals surface area contributed by atoms with Crippen molar-refractivity contribution in [3.05, 3.63) is 52.2 Å². The minimum atomic E-state index is -0.305. The number of esters is 1. The summed E-state index contributed by atoms with van der Waals surface area (Å²) >= 11 is 1.39. The molecule has 0 radical (unpaired) electrons. The number of carbonyl (C=O) groups excluding carboxylic acids is 1. The lowest BCUT2D eigenvalue weighted by molar-refractivity contribution is 0.0606. The van der Waals surface area contributed by atoms with Gasteiger partial charge in [0.2, 0.25) is 0 Å². The van der Waals surface area contributed by atoms with Crippen molar-refractivity contribution < 1.29 is 14.3 Å². The summed E-state index contributed by atoms with van der Waals surface area (Å²) in [4.78, 5) is 12.8. The Hall–Kier alpha value is -1.81. The van der Waals surface area contributed by atoms with Crippen LogP contribution in [-0.4, -0.2) is 13.1 Å². The lowest BCUT2D eigenvalue weighted by atomic mass is 10.3. The van der Waals surface area contributed by atoms with Gasteiger partial charge >= 0.3 is 5.97 Å². The largest absolute Gasteiger partial charge is 0.488 e. The topological polar surface area (TPSA) is 35.5 Å². The summed E-state index contributed by atoms with van der Waals surface area (Å²) in [5.74, 6) is 0.515. The normalized spacial score (nSPS) is 9.94. The van der Waals surface area contributed by atoms with Crippen LogP contribution in [0, 0.1) is 0 Å². The third-order valence-electron chi connectivity index (χ3n) is 2.17. The van der Waals surface area contributed by atoms with Crippen LogP contribution in [0.4, 0.5) is 0 Å². The van der Waals surface area contributed by atoms with E-state index >= 15 is 0 Å². The predicted octanol–water partition coefficient (Wildman–Crippen LogP) is 3.11. The van der Waals surface area contributed by atoms with Crippen molar-refractivity contribution in [3.8, 4) is 5.75 Å². The van der Waals surface area contributed by atoms with Crippen molar-refractivity contribution in [2.24, 2.45) is 0 Å². The Labute approximate surface area is 104 Å². The molecule has 0 bridgehead atoms. The number of para-hydroxylation sites is 1. The Morgan fingerprint density at radius 3 is 2.65 bits per heavy atom. The molecule has 1 aromatic carbocycles. The number of methoxy groups -OCH3 is 1. The van der Waals surface area contributed by atoms with E-state index in [4.69, 9.17) is 4.74 Å². The van der Waals surface area contributed by atoms with Gasteiger partial charge in [-0.2, -0.15) is 0 Å². The van der Waals surface area contributed by atoms with Crippen LogP contribution in [0.25, 0.3) is 0 Å². The highest BCUT2D eigenvalue weighted by atomic mass is 32.1. The maximum atomic E-state index is 11.2. The third-order valence-corrected chi connectivity index (χ3v) is 3.21. The van der Waals surface area contributed by atoms with Gasteiger partial charge in [0, 0.05) is 4.88 Å². The Morgan fingerprint density at radius 2 is 1.94 bits per heavy atom. The molecule has 0 N–H and O–H groups in total. The van der Waals surface area contributed by atoms with Gasteiger partial charge in [-0.25, -0.2) is 4.79 Å². The van der Waals surface area contributed by atoms with Gasteiger partial charge in [-0.1, -0.05) is 18.2 Å². The molecule has 2 rings (SSSR count). The number of carbonyl (C=O) groups is 1. The molecule has 0 amide bonds. The molecular formula is C13H12O3S. The van der Waals surface area contributed by atoms with Crippen molar-refractivity contribution in [2.45, 2.75) is 6.61 Å². The van der Waals surface area contributed by atoms with E-state index in [1.807, 2.05) is 36.4 Å². The molecule has 0 saturated carbocycles. The van der Waals surface area contributed by atoms with Crippen LogP contribution >= 0.6 is 11.3 Å². The van der Waals surface area contributed by atoms with Crippen LogP contribution in [0.5, 0.6) is 5.75 Å². The monoisotopic (exact) mass is 248 g/mol. The van der Waals surface area contributed by atoms with Crippen molar-refractivity contribution in [1.82, 2.24) is 0 Å². The Balaban J connectivity index is 1.96. The zero-order chi connectivity index (χ0) is 12.1. The van der Waals surface area contributed by atoms with Crippen LogP contribution in [0.3, 0.4) is 0 Å². The molecule has 17 heavy (non-hydrogen) atoms. The van der Waals surface area contributed by atoms with Gasteiger partial charge in [-0.05, 0) is 24.3 Å². The molecule has 0 fully saturated rings. The minimum Gasteiger partial charge on any atom is -0.488 e.